The van der Waals surface area contributed by atoms with Gasteiger partial charge in [-0.25, -0.2) is 9.18 Å². The number of urea groups is 1. The maximum Gasteiger partial charge on any atom is 0.325 e. The van der Waals surface area contributed by atoms with E-state index in [1.807, 2.05) is 6.07 Å². The van der Waals surface area contributed by atoms with E-state index in [0.29, 0.717) is 11.1 Å². The second-order valence-electron chi connectivity index (χ2n) is 5.40. The molecule has 112 valence electrons. The van der Waals surface area contributed by atoms with Crippen molar-refractivity contribution >= 4 is 11.9 Å². The van der Waals surface area contributed by atoms with Crippen molar-refractivity contribution < 1.29 is 14.0 Å². The summed E-state index contributed by atoms with van der Waals surface area (Å²) in [5.41, 5.74) is -0.114. The number of benzene rings is 2. The van der Waals surface area contributed by atoms with Gasteiger partial charge in [0, 0.05) is 5.56 Å². The van der Waals surface area contributed by atoms with Crippen LogP contribution in [-0.4, -0.2) is 16.8 Å². The number of carbonyl (C=O) groups excluding carboxylic acids is 2. The summed E-state index contributed by atoms with van der Waals surface area (Å²) in [6, 6.07) is 14.6. The van der Waals surface area contributed by atoms with E-state index in [9.17, 15) is 14.0 Å². The van der Waals surface area contributed by atoms with Crippen LogP contribution in [0.15, 0.2) is 54.6 Å². The molecular formula is C17H15FN2O2. The monoisotopic (exact) mass is 298 g/mol. The fourth-order valence-electron chi connectivity index (χ4n) is 2.60. The fraction of sp³-hybridized carbons (Fsp3) is 0.176. The van der Waals surface area contributed by atoms with Gasteiger partial charge in [-0.05, 0) is 18.6 Å². The van der Waals surface area contributed by atoms with Crippen LogP contribution in [0.3, 0.4) is 0 Å². The predicted molar refractivity (Wildman–Crippen MR) is 79.3 cm³/mol. The summed E-state index contributed by atoms with van der Waals surface area (Å²) in [4.78, 5) is 25.9. The van der Waals surface area contributed by atoms with Crippen molar-refractivity contribution in [2.75, 3.05) is 0 Å². The highest BCUT2D eigenvalue weighted by atomic mass is 19.1. The van der Waals surface area contributed by atoms with E-state index >= 15 is 0 Å². The topological polar surface area (TPSA) is 49.4 Å². The van der Waals surface area contributed by atoms with Gasteiger partial charge < -0.3 is 5.32 Å². The molecule has 1 atom stereocenters. The first-order chi connectivity index (χ1) is 10.5. The summed E-state index contributed by atoms with van der Waals surface area (Å²) in [6.45, 7) is 1.57. The van der Waals surface area contributed by atoms with E-state index in [2.05, 4.69) is 5.32 Å². The summed E-state index contributed by atoms with van der Waals surface area (Å²) in [7, 11) is 0. The lowest BCUT2D eigenvalue weighted by Gasteiger charge is -2.22. The normalized spacial score (nSPS) is 21.1. The molecule has 2 aromatic rings. The van der Waals surface area contributed by atoms with Crippen LogP contribution in [0.25, 0.3) is 0 Å². The molecule has 1 fully saturated rings. The molecule has 0 aliphatic carbocycles. The minimum absolute atomic E-state index is 0.0836. The Morgan fingerprint density at radius 1 is 1.05 bits per heavy atom. The number of rotatable bonds is 3. The van der Waals surface area contributed by atoms with Gasteiger partial charge in [0.1, 0.15) is 11.4 Å². The number of amides is 3. The van der Waals surface area contributed by atoms with Crippen molar-refractivity contribution in [3.63, 3.8) is 0 Å². The van der Waals surface area contributed by atoms with Crippen LogP contribution in [0.4, 0.5) is 9.18 Å². The van der Waals surface area contributed by atoms with Crippen LogP contribution in [0.2, 0.25) is 0 Å². The summed E-state index contributed by atoms with van der Waals surface area (Å²) in [6.07, 6.45) is 0. The maximum atomic E-state index is 13.7. The standard InChI is InChI=1S/C17H15FN2O2/c1-17(13-8-3-2-4-9-13)15(21)20(16(22)19-17)11-12-7-5-6-10-14(12)18/h2-10H,11H2,1H3,(H,19,22). The van der Waals surface area contributed by atoms with Crippen molar-refractivity contribution in [1.29, 1.82) is 0 Å². The number of nitrogens with one attached hydrogen (secondary N) is 1. The third kappa shape index (κ3) is 2.24. The average molecular weight is 298 g/mol. The van der Waals surface area contributed by atoms with Gasteiger partial charge in [0.25, 0.3) is 5.91 Å². The van der Waals surface area contributed by atoms with Crippen LogP contribution in [-0.2, 0) is 16.9 Å². The summed E-state index contributed by atoms with van der Waals surface area (Å²) >= 11 is 0. The number of halogens is 1. The molecule has 0 radical (unpaired) electrons. The maximum absolute atomic E-state index is 13.7. The van der Waals surface area contributed by atoms with E-state index in [-0.39, 0.29) is 12.5 Å². The van der Waals surface area contributed by atoms with Crippen LogP contribution in [0.5, 0.6) is 0 Å². The molecule has 1 aliphatic heterocycles. The minimum atomic E-state index is -1.12. The zero-order valence-electron chi connectivity index (χ0n) is 12.0. The lowest BCUT2D eigenvalue weighted by Crippen LogP contribution is -2.40. The van der Waals surface area contributed by atoms with Crippen LogP contribution >= 0.6 is 0 Å². The van der Waals surface area contributed by atoms with Crippen molar-refractivity contribution in [1.82, 2.24) is 10.2 Å². The Bertz CT molecular complexity index is 732. The zero-order chi connectivity index (χ0) is 15.7. The van der Waals surface area contributed by atoms with Gasteiger partial charge in [-0.15, -0.1) is 0 Å². The lowest BCUT2D eigenvalue weighted by molar-refractivity contribution is -0.131. The van der Waals surface area contributed by atoms with Crippen molar-refractivity contribution in [3.8, 4) is 0 Å². The Balaban J connectivity index is 1.91. The molecule has 0 saturated carbocycles. The van der Waals surface area contributed by atoms with Gasteiger partial charge in [-0.1, -0.05) is 48.5 Å². The molecule has 4 nitrogen and oxygen atoms in total. The predicted octanol–water partition coefficient (Wildman–Crippen LogP) is 2.79. The molecule has 5 heteroatoms. The van der Waals surface area contributed by atoms with E-state index in [4.69, 9.17) is 0 Å². The van der Waals surface area contributed by atoms with Gasteiger partial charge in [0.05, 0.1) is 6.54 Å². The quantitative estimate of drug-likeness (QED) is 0.886. The van der Waals surface area contributed by atoms with E-state index in [1.165, 1.54) is 6.07 Å². The highest BCUT2D eigenvalue weighted by molar-refractivity contribution is 6.07. The van der Waals surface area contributed by atoms with E-state index in [1.54, 1.807) is 49.4 Å². The Morgan fingerprint density at radius 2 is 1.68 bits per heavy atom. The number of hydrogen-bond acceptors (Lipinski definition) is 2. The molecule has 1 saturated heterocycles. The van der Waals surface area contributed by atoms with Crippen molar-refractivity contribution in [2.45, 2.75) is 19.0 Å². The van der Waals surface area contributed by atoms with Gasteiger partial charge in [-0.2, -0.15) is 0 Å². The molecular weight excluding hydrogens is 283 g/mol. The first-order valence-electron chi connectivity index (χ1n) is 6.95. The molecule has 1 heterocycles. The number of carbonyl (C=O) groups is 2. The highest BCUT2D eigenvalue weighted by Crippen LogP contribution is 2.29. The van der Waals surface area contributed by atoms with Crippen LogP contribution in [0, 0.1) is 5.82 Å². The molecule has 0 aromatic heterocycles. The van der Waals surface area contributed by atoms with Gasteiger partial charge in [0.15, 0.2) is 0 Å². The smallest absolute Gasteiger partial charge is 0.319 e. The first-order valence-corrected chi connectivity index (χ1v) is 6.95. The third-order valence-corrected chi connectivity index (χ3v) is 3.91. The number of imide groups is 1. The molecule has 3 amide bonds. The Labute approximate surface area is 127 Å². The highest BCUT2D eigenvalue weighted by Gasteiger charge is 2.48. The average Bonchev–Trinajstić information content (AvgIpc) is 2.75. The molecule has 3 rings (SSSR count). The number of nitrogens with zero attached hydrogens (tertiary/aromatic N) is 1. The van der Waals surface area contributed by atoms with Gasteiger partial charge >= 0.3 is 6.03 Å². The van der Waals surface area contributed by atoms with Crippen LogP contribution in [0.1, 0.15) is 18.1 Å². The third-order valence-electron chi connectivity index (χ3n) is 3.91. The molecule has 1 unspecified atom stereocenters. The Morgan fingerprint density at radius 3 is 2.36 bits per heavy atom. The SMILES string of the molecule is CC1(c2ccccc2)NC(=O)N(Cc2ccccc2F)C1=O. The second-order valence-corrected chi connectivity index (χ2v) is 5.40. The van der Waals surface area contributed by atoms with Crippen LogP contribution < -0.4 is 5.32 Å². The molecule has 22 heavy (non-hydrogen) atoms. The molecule has 1 aliphatic rings. The Kier molecular flexibility index (Phi) is 3.41. The van der Waals surface area contributed by atoms with Crippen molar-refractivity contribution in [3.05, 3.63) is 71.5 Å². The molecule has 0 spiro atoms. The molecule has 2 aromatic carbocycles. The largest absolute Gasteiger partial charge is 0.325 e. The van der Waals surface area contributed by atoms with Gasteiger partial charge in [-0.3, -0.25) is 9.69 Å². The first kappa shape index (κ1) is 14.3. The molecule has 0 bridgehead atoms. The fourth-order valence-corrected chi connectivity index (χ4v) is 2.60. The second kappa shape index (κ2) is 5.26. The van der Waals surface area contributed by atoms with Crippen molar-refractivity contribution in [2.24, 2.45) is 0 Å². The summed E-state index contributed by atoms with van der Waals surface area (Å²) in [5.74, 6) is -0.816. The van der Waals surface area contributed by atoms with E-state index < -0.39 is 17.4 Å². The Hall–Kier alpha value is -2.69. The zero-order valence-corrected chi connectivity index (χ0v) is 12.0. The van der Waals surface area contributed by atoms with Gasteiger partial charge in [0.2, 0.25) is 0 Å². The number of hydrogen-bond donors (Lipinski definition) is 1. The minimum Gasteiger partial charge on any atom is -0.319 e. The van der Waals surface area contributed by atoms with E-state index in [0.717, 1.165) is 4.90 Å². The molecule has 1 N–H and O–H groups in total. The summed E-state index contributed by atoms with van der Waals surface area (Å²) in [5, 5.41) is 2.70. The summed E-state index contributed by atoms with van der Waals surface area (Å²) < 4.78 is 13.7. The lowest BCUT2D eigenvalue weighted by atomic mass is 9.92.